The lowest BCUT2D eigenvalue weighted by Gasteiger charge is -2.30. The highest BCUT2D eigenvalue weighted by Gasteiger charge is 2.27. The molecule has 1 aliphatic rings. The highest BCUT2D eigenvalue weighted by Crippen LogP contribution is 2.27. The van der Waals surface area contributed by atoms with Crippen LogP contribution in [0.25, 0.3) is 4.96 Å². The molecule has 0 bridgehead atoms. The Bertz CT molecular complexity index is 995. The van der Waals surface area contributed by atoms with Gasteiger partial charge >= 0.3 is 0 Å². The fourth-order valence-electron chi connectivity index (χ4n) is 3.28. The number of hydrogen-bond acceptors (Lipinski definition) is 9. The van der Waals surface area contributed by atoms with Gasteiger partial charge in [-0.2, -0.15) is 9.50 Å². The molecule has 0 amide bonds. The van der Waals surface area contributed by atoms with Crippen LogP contribution in [0, 0.1) is 0 Å². The number of rotatable bonds is 5. The monoisotopic (exact) mass is 406 g/mol. The van der Waals surface area contributed by atoms with E-state index in [0.717, 1.165) is 47.7 Å². The molecule has 1 aliphatic heterocycles. The van der Waals surface area contributed by atoms with Gasteiger partial charge in [-0.1, -0.05) is 42.1 Å². The zero-order valence-electron chi connectivity index (χ0n) is 15.6. The largest absolute Gasteiger partial charge is 0.339 e. The Hall–Kier alpha value is -1.78. The van der Waals surface area contributed by atoms with Gasteiger partial charge in [-0.25, -0.2) is 4.98 Å². The lowest BCUT2D eigenvalue weighted by Crippen LogP contribution is -2.34. The van der Waals surface area contributed by atoms with Gasteiger partial charge in [0.05, 0.1) is 11.6 Å². The van der Waals surface area contributed by atoms with Crippen molar-refractivity contribution < 1.29 is 4.52 Å². The molecule has 4 heterocycles. The molecule has 0 aromatic carbocycles. The molecule has 0 aliphatic carbocycles. The molecule has 3 aromatic heterocycles. The second-order valence-electron chi connectivity index (χ2n) is 7.07. The van der Waals surface area contributed by atoms with E-state index in [1.807, 2.05) is 6.26 Å². The van der Waals surface area contributed by atoms with Crippen LogP contribution in [0.5, 0.6) is 0 Å². The molecule has 10 heteroatoms. The van der Waals surface area contributed by atoms with Crippen LogP contribution in [0.1, 0.15) is 55.9 Å². The summed E-state index contributed by atoms with van der Waals surface area (Å²) in [5.41, 5.74) is 0.656. The van der Waals surface area contributed by atoms with Crippen molar-refractivity contribution in [2.45, 2.75) is 49.4 Å². The second-order valence-corrected chi connectivity index (χ2v) is 9.08. The maximum atomic E-state index is 12.3. The fraction of sp³-hybridized carbons (Fsp3) is 0.588. The van der Waals surface area contributed by atoms with Crippen molar-refractivity contribution in [1.29, 1.82) is 0 Å². The fourth-order valence-corrected chi connectivity index (χ4v) is 4.66. The van der Waals surface area contributed by atoms with Gasteiger partial charge in [0.1, 0.15) is 0 Å². The number of thioether (sulfide) groups is 1. The molecule has 1 atom stereocenters. The molecule has 0 spiro atoms. The van der Waals surface area contributed by atoms with Crippen LogP contribution in [0.15, 0.2) is 19.7 Å². The number of fused-ring (bicyclic) bond motifs is 1. The highest BCUT2D eigenvalue weighted by atomic mass is 32.2. The maximum Gasteiger partial charge on any atom is 0.275 e. The van der Waals surface area contributed by atoms with Gasteiger partial charge in [0.15, 0.2) is 10.2 Å². The standard InChI is InChI=1S/C17H22N6O2S2/c1-10(2)14-19-15(25-21-14)11-5-4-6-22(8-11)9-12-7-13(24)23-16(18-12)27-17(20-23)26-3/h7,10-11H,4-6,8-9H2,1-3H3. The molecular weight excluding hydrogens is 384 g/mol. The van der Waals surface area contributed by atoms with E-state index in [0.29, 0.717) is 11.5 Å². The summed E-state index contributed by atoms with van der Waals surface area (Å²) >= 11 is 2.96. The van der Waals surface area contributed by atoms with Crippen molar-refractivity contribution in [3.05, 3.63) is 33.8 Å². The lowest BCUT2D eigenvalue weighted by atomic mass is 9.98. The van der Waals surface area contributed by atoms with Gasteiger partial charge in [0.25, 0.3) is 5.56 Å². The number of aromatic nitrogens is 5. The molecular formula is C17H22N6O2S2. The minimum Gasteiger partial charge on any atom is -0.339 e. The Balaban J connectivity index is 1.50. The summed E-state index contributed by atoms with van der Waals surface area (Å²) in [5.74, 6) is 1.97. The van der Waals surface area contributed by atoms with E-state index in [4.69, 9.17) is 4.52 Å². The van der Waals surface area contributed by atoms with Gasteiger partial charge < -0.3 is 4.52 Å². The first-order chi connectivity index (χ1) is 13.0. The third kappa shape index (κ3) is 3.92. The number of nitrogens with zero attached hydrogens (tertiary/aromatic N) is 6. The number of likely N-dealkylation sites (tertiary alicyclic amines) is 1. The molecule has 27 heavy (non-hydrogen) atoms. The van der Waals surface area contributed by atoms with E-state index in [1.165, 1.54) is 27.6 Å². The quantitative estimate of drug-likeness (QED) is 0.598. The first kappa shape index (κ1) is 18.6. The van der Waals surface area contributed by atoms with Crippen molar-refractivity contribution in [2.24, 2.45) is 0 Å². The summed E-state index contributed by atoms with van der Waals surface area (Å²) in [4.78, 5) is 24.5. The summed E-state index contributed by atoms with van der Waals surface area (Å²) in [6.07, 6.45) is 4.04. The molecule has 4 rings (SSSR count). The summed E-state index contributed by atoms with van der Waals surface area (Å²) in [7, 11) is 0. The zero-order valence-corrected chi connectivity index (χ0v) is 17.2. The van der Waals surface area contributed by atoms with Crippen LogP contribution >= 0.6 is 23.1 Å². The number of hydrogen-bond donors (Lipinski definition) is 0. The summed E-state index contributed by atoms with van der Waals surface area (Å²) in [6.45, 7) is 6.56. The van der Waals surface area contributed by atoms with Crippen molar-refractivity contribution in [2.75, 3.05) is 19.3 Å². The average Bonchev–Trinajstić information content (AvgIpc) is 3.29. The van der Waals surface area contributed by atoms with Gasteiger partial charge in [-0.15, -0.1) is 5.10 Å². The minimum atomic E-state index is -0.126. The van der Waals surface area contributed by atoms with E-state index < -0.39 is 0 Å². The summed E-state index contributed by atoms with van der Waals surface area (Å²) < 4.78 is 7.71. The molecule has 1 unspecified atom stereocenters. The Morgan fingerprint density at radius 1 is 1.41 bits per heavy atom. The summed E-state index contributed by atoms with van der Waals surface area (Å²) in [5, 5.41) is 8.36. The first-order valence-corrected chi connectivity index (χ1v) is 11.1. The van der Waals surface area contributed by atoms with E-state index >= 15 is 0 Å². The first-order valence-electron chi connectivity index (χ1n) is 9.03. The molecule has 1 fully saturated rings. The van der Waals surface area contributed by atoms with Gasteiger partial charge in [-0.3, -0.25) is 9.69 Å². The summed E-state index contributed by atoms with van der Waals surface area (Å²) in [6, 6.07) is 1.59. The molecule has 8 nitrogen and oxygen atoms in total. The van der Waals surface area contributed by atoms with Gasteiger partial charge in [0, 0.05) is 25.1 Å². The van der Waals surface area contributed by atoms with Crippen molar-refractivity contribution >= 4 is 28.1 Å². The zero-order chi connectivity index (χ0) is 19.0. The van der Waals surface area contributed by atoms with Crippen molar-refractivity contribution in [1.82, 2.24) is 29.6 Å². The van der Waals surface area contributed by atoms with Crippen LogP contribution in [0.4, 0.5) is 0 Å². The van der Waals surface area contributed by atoms with E-state index in [2.05, 4.69) is 39.0 Å². The molecule has 3 aromatic rings. The minimum absolute atomic E-state index is 0.126. The van der Waals surface area contributed by atoms with Crippen molar-refractivity contribution in [3.8, 4) is 0 Å². The smallest absolute Gasteiger partial charge is 0.275 e. The molecule has 144 valence electrons. The lowest BCUT2D eigenvalue weighted by molar-refractivity contribution is 0.178. The Morgan fingerprint density at radius 3 is 3.00 bits per heavy atom. The SMILES string of the molecule is CSc1nn2c(=O)cc(CN3CCCC(c4nc(C(C)C)no4)C3)nc2s1. The van der Waals surface area contributed by atoms with Gasteiger partial charge in [0.2, 0.25) is 10.9 Å². The highest BCUT2D eigenvalue weighted by molar-refractivity contribution is 8.00. The maximum absolute atomic E-state index is 12.3. The molecule has 0 radical (unpaired) electrons. The topological polar surface area (TPSA) is 89.4 Å². The van der Waals surface area contributed by atoms with E-state index in [1.54, 1.807) is 6.07 Å². The van der Waals surface area contributed by atoms with E-state index in [-0.39, 0.29) is 17.4 Å². The van der Waals surface area contributed by atoms with Crippen LogP contribution in [0.3, 0.4) is 0 Å². The molecule has 0 N–H and O–H groups in total. The third-order valence-electron chi connectivity index (χ3n) is 4.67. The molecule has 0 saturated carbocycles. The second kappa shape index (κ2) is 7.69. The number of piperidine rings is 1. The van der Waals surface area contributed by atoms with Gasteiger partial charge in [-0.05, 0) is 25.6 Å². The predicted octanol–water partition coefficient (Wildman–Crippen LogP) is 2.76. The average molecular weight is 407 g/mol. The Morgan fingerprint density at radius 2 is 2.26 bits per heavy atom. The van der Waals surface area contributed by atoms with Crippen LogP contribution in [-0.2, 0) is 6.54 Å². The van der Waals surface area contributed by atoms with Crippen molar-refractivity contribution in [3.63, 3.8) is 0 Å². The van der Waals surface area contributed by atoms with E-state index in [9.17, 15) is 4.79 Å². The van der Waals surface area contributed by atoms with Crippen LogP contribution in [-0.4, -0.2) is 49.0 Å². The third-order valence-corrected chi connectivity index (χ3v) is 6.55. The Kier molecular flexibility index (Phi) is 5.29. The normalized spacial score (nSPS) is 18.6. The van der Waals surface area contributed by atoms with Crippen LogP contribution in [0.2, 0.25) is 0 Å². The van der Waals surface area contributed by atoms with Crippen LogP contribution < -0.4 is 5.56 Å². The predicted molar refractivity (Wildman–Crippen MR) is 105 cm³/mol. The molecule has 1 saturated heterocycles. The Labute approximate surface area is 165 Å².